The summed E-state index contributed by atoms with van der Waals surface area (Å²) in [5.74, 6) is -0.164. The van der Waals surface area contributed by atoms with Crippen molar-refractivity contribution in [1.29, 1.82) is 0 Å². The molecule has 0 atom stereocenters. The smallest absolute Gasteiger partial charge is 0.253 e. The molecule has 17 heavy (non-hydrogen) atoms. The molecule has 1 amide bonds. The van der Waals surface area contributed by atoms with Gasteiger partial charge in [-0.25, -0.2) is 0 Å². The lowest BCUT2D eigenvalue weighted by Crippen LogP contribution is -2.22. The minimum absolute atomic E-state index is 0.164. The first-order chi connectivity index (χ1) is 8.18. The quantitative estimate of drug-likeness (QED) is 0.902. The molecule has 0 saturated heterocycles. The average molecular weight is 331 g/mol. The van der Waals surface area contributed by atoms with Crippen molar-refractivity contribution >= 4 is 44.8 Å². The van der Waals surface area contributed by atoms with Gasteiger partial charge in [-0.15, -0.1) is 0 Å². The van der Waals surface area contributed by atoms with E-state index in [9.17, 15) is 4.79 Å². The molecular weight excluding hydrogens is 322 g/mol. The van der Waals surface area contributed by atoms with Gasteiger partial charge in [0.25, 0.3) is 5.91 Å². The number of rotatable bonds is 3. The van der Waals surface area contributed by atoms with Crippen LogP contribution in [0.5, 0.6) is 0 Å². The largest absolute Gasteiger partial charge is 0.348 e. The van der Waals surface area contributed by atoms with Gasteiger partial charge in [-0.05, 0) is 50.5 Å². The van der Waals surface area contributed by atoms with Crippen molar-refractivity contribution in [1.82, 2.24) is 5.32 Å². The molecule has 1 heterocycles. The molecule has 0 aliphatic carbocycles. The van der Waals surface area contributed by atoms with Crippen molar-refractivity contribution in [3.63, 3.8) is 0 Å². The van der Waals surface area contributed by atoms with Crippen LogP contribution in [-0.4, -0.2) is 5.91 Å². The van der Waals surface area contributed by atoms with E-state index in [2.05, 4.69) is 21.2 Å². The van der Waals surface area contributed by atoms with E-state index in [0.717, 1.165) is 10.0 Å². The van der Waals surface area contributed by atoms with E-state index < -0.39 is 0 Å². The Morgan fingerprint density at radius 3 is 2.94 bits per heavy atom. The van der Waals surface area contributed by atoms with Gasteiger partial charge in [-0.1, -0.05) is 17.7 Å². The van der Waals surface area contributed by atoms with Gasteiger partial charge in [-0.2, -0.15) is 11.3 Å². The predicted octanol–water partition coefficient (Wildman–Crippen LogP) is 4.09. The van der Waals surface area contributed by atoms with Crippen molar-refractivity contribution in [3.8, 4) is 0 Å². The van der Waals surface area contributed by atoms with Gasteiger partial charge >= 0.3 is 0 Å². The van der Waals surface area contributed by atoms with E-state index in [1.807, 2.05) is 16.8 Å². The third-order valence-electron chi connectivity index (χ3n) is 2.23. The normalized spacial score (nSPS) is 10.2. The summed E-state index contributed by atoms with van der Waals surface area (Å²) in [4.78, 5) is 11.9. The highest BCUT2D eigenvalue weighted by atomic mass is 79.9. The van der Waals surface area contributed by atoms with Crippen molar-refractivity contribution in [2.24, 2.45) is 0 Å². The summed E-state index contributed by atoms with van der Waals surface area (Å²) in [7, 11) is 0. The van der Waals surface area contributed by atoms with Crippen LogP contribution < -0.4 is 5.32 Å². The third-order valence-corrected chi connectivity index (χ3v) is 4.26. The maximum absolute atomic E-state index is 11.9. The number of carbonyl (C=O) groups is 1. The first kappa shape index (κ1) is 12.6. The van der Waals surface area contributed by atoms with Crippen LogP contribution in [0.3, 0.4) is 0 Å². The van der Waals surface area contributed by atoms with Crippen LogP contribution in [0.2, 0.25) is 5.02 Å². The molecule has 2 aromatic rings. The number of amides is 1. The highest BCUT2D eigenvalue weighted by molar-refractivity contribution is 9.10. The van der Waals surface area contributed by atoms with Crippen LogP contribution in [0.25, 0.3) is 0 Å². The van der Waals surface area contributed by atoms with Crippen LogP contribution in [0.1, 0.15) is 15.9 Å². The van der Waals surface area contributed by atoms with Gasteiger partial charge in [-0.3, -0.25) is 4.79 Å². The molecule has 0 unspecified atom stereocenters. The topological polar surface area (TPSA) is 29.1 Å². The van der Waals surface area contributed by atoms with E-state index in [1.165, 1.54) is 0 Å². The number of nitrogens with one attached hydrogen (secondary N) is 1. The molecule has 1 aromatic heterocycles. The molecule has 0 aliphatic rings. The zero-order valence-corrected chi connectivity index (χ0v) is 11.9. The number of hydrogen-bond donors (Lipinski definition) is 1. The molecule has 88 valence electrons. The monoisotopic (exact) mass is 329 g/mol. The minimum Gasteiger partial charge on any atom is -0.348 e. The Kier molecular flexibility index (Phi) is 4.20. The molecule has 2 rings (SSSR count). The van der Waals surface area contributed by atoms with E-state index >= 15 is 0 Å². The summed E-state index contributed by atoms with van der Waals surface area (Å²) in [6.07, 6.45) is 0. The Morgan fingerprint density at radius 2 is 2.24 bits per heavy atom. The first-order valence-electron chi connectivity index (χ1n) is 4.92. The van der Waals surface area contributed by atoms with Crippen LogP contribution in [-0.2, 0) is 6.54 Å². The summed E-state index contributed by atoms with van der Waals surface area (Å²) >= 11 is 10.9. The van der Waals surface area contributed by atoms with E-state index in [4.69, 9.17) is 11.6 Å². The van der Waals surface area contributed by atoms with Crippen LogP contribution in [0, 0.1) is 0 Å². The van der Waals surface area contributed by atoms with E-state index in [0.29, 0.717) is 17.1 Å². The summed E-state index contributed by atoms with van der Waals surface area (Å²) < 4.78 is 0.724. The second kappa shape index (κ2) is 5.67. The summed E-state index contributed by atoms with van der Waals surface area (Å²) in [5, 5.41) is 7.25. The lowest BCUT2D eigenvalue weighted by molar-refractivity contribution is 0.0951. The van der Waals surface area contributed by atoms with Crippen LogP contribution in [0.15, 0.2) is 39.5 Å². The second-order valence-corrected chi connectivity index (χ2v) is 5.43. The van der Waals surface area contributed by atoms with E-state index in [-0.39, 0.29) is 5.91 Å². The Morgan fingerprint density at radius 1 is 1.41 bits per heavy atom. The average Bonchev–Trinajstić information content (AvgIpc) is 2.82. The molecular formula is C12H9BrClNOS. The molecule has 0 saturated carbocycles. The van der Waals surface area contributed by atoms with Crippen LogP contribution >= 0.6 is 38.9 Å². The van der Waals surface area contributed by atoms with Crippen molar-refractivity contribution in [2.75, 3.05) is 0 Å². The Hall–Kier alpha value is -0.840. The van der Waals surface area contributed by atoms with Gasteiger partial charge in [0.05, 0.1) is 10.6 Å². The third kappa shape index (κ3) is 3.09. The standard InChI is InChI=1S/C12H9BrClNOS/c13-10-3-1-2-9(11(10)14)12(16)15-6-8-4-5-17-7-8/h1-5,7H,6H2,(H,15,16). The SMILES string of the molecule is O=C(NCc1ccsc1)c1cccc(Br)c1Cl. The lowest BCUT2D eigenvalue weighted by atomic mass is 10.2. The Bertz CT molecular complexity index is 527. The number of benzene rings is 1. The number of hydrogen-bond acceptors (Lipinski definition) is 2. The molecule has 1 N–H and O–H groups in total. The fourth-order valence-electron chi connectivity index (χ4n) is 1.35. The first-order valence-corrected chi connectivity index (χ1v) is 7.03. The molecule has 2 nitrogen and oxygen atoms in total. The number of carbonyl (C=O) groups excluding carboxylic acids is 1. The van der Waals surface area contributed by atoms with Crippen molar-refractivity contribution < 1.29 is 4.79 Å². The summed E-state index contributed by atoms with van der Waals surface area (Å²) in [6.45, 7) is 0.519. The molecule has 0 aliphatic heterocycles. The maximum Gasteiger partial charge on any atom is 0.253 e. The fraction of sp³-hybridized carbons (Fsp3) is 0.0833. The number of halogens is 2. The van der Waals surface area contributed by atoms with Crippen molar-refractivity contribution in [3.05, 3.63) is 55.6 Å². The molecule has 0 radical (unpaired) electrons. The van der Waals surface area contributed by atoms with Gasteiger partial charge in [0, 0.05) is 11.0 Å². The number of thiophene rings is 1. The Labute approximate surface area is 117 Å². The van der Waals surface area contributed by atoms with Gasteiger partial charge in [0.15, 0.2) is 0 Å². The molecule has 1 aromatic carbocycles. The lowest BCUT2D eigenvalue weighted by Gasteiger charge is -2.06. The predicted molar refractivity (Wildman–Crippen MR) is 74.6 cm³/mol. The summed E-state index contributed by atoms with van der Waals surface area (Å²) in [6, 6.07) is 7.27. The zero-order valence-electron chi connectivity index (χ0n) is 8.74. The summed E-state index contributed by atoms with van der Waals surface area (Å²) in [5.41, 5.74) is 1.57. The zero-order chi connectivity index (χ0) is 12.3. The van der Waals surface area contributed by atoms with Gasteiger partial charge < -0.3 is 5.32 Å². The van der Waals surface area contributed by atoms with Gasteiger partial charge in [0.2, 0.25) is 0 Å². The van der Waals surface area contributed by atoms with Crippen molar-refractivity contribution in [2.45, 2.75) is 6.54 Å². The molecule has 0 fully saturated rings. The van der Waals surface area contributed by atoms with Crippen LogP contribution in [0.4, 0.5) is 0 Å². The molecule has 0 bridgehead atoms. The highest BCUT2D eigenvalue weighted by Gasteiger charge is 2.11. The second-order valence-electron chi connectivity index (χ2n) is 3.42. The van der Waals surface area contributed by atoms with E-state index in [1.54, 1.807) is 29.5 Å². The highest BCUT2D eigenvalue weighted by Crippen LogP contribution is 2.25. The molecule has 5 heteroatoms. The van der Waals surface area contributed by atoms with Gasteiger partial charge in [0.1, 0.15) is 0 Å². The fourth-order valence-corrected chi connectivity index (χ4v) is 2.60. The Balaban J connectivity index is 2.07. The maximum atomic E-state index is 11.9. The molecule has 0 spiro atoms. The minimum atomic E-state index is -0.164.